The van der Waals surface area contributed by atoms with Crippen LogP contribution in [0.4, 0.5) is 5.69 Å². The summed E-state index contributed by atoms with van der Waals surface area (Å²) in [5.74, 6) is 2.47. The van der Waals surface area contributed by atoms with Crippen LogP contribution in [-0.4, -0.2) is 8.42 Å². The Bertz CT molecular complexity index is 746. The fourth-order valence-electron chi connectivity index (χ4n) is 1.64. The lowest BCUT2D eigenvalue weighted by atomic mass is 10.2. The van der Waals surface area contributed by atoms with Crippen molar-refractivity contribution < 1.29 is 8.42 Å². The van der Waals surface area contributed by atoms with E-state index < -0.39 is 10.0 Å². The van der Waals surface area contributed by atoms with E-state index in [1.165, 1.54) is 0 Å². The SMILES string of the molecule is C#Cc1cccc(NS(=O)(=O)c2ccc(CBr)cc2)c1. The Hall–Kier alpha value is -1.77. The first kappa shape index (κ1) is 14.6. The summed E-state index contributed by atoms with van der Waals surface area (Å²) in [5.41, 5.74) is 2.09. The van der Waals surface area contributed by atoms with Crippen LogP contribution in [0.15, 0.2) is 53.4 Å². The highest BCUT2D eigenvalue weighted by molar-refractivity contribution is 9.08. The second kappa shape index (κ2) is 6.12. The predicted octanol–water partition coefficient (Wildman–Crippen LogP) is 3.36. The molecule has 0 atom stereocenters. The van der Waals surface area contributed by atoms with E-state index in [9.17, 15) is 8.42 Å². The molecule has 0 saturated carbocycles. The van der Waals surface area contributed by atoms with Gasteiger partial charge < -0.3 is 0 Å². The van der Waals surface area contributed by atoms with Crippen LogP contribution in [0.25, 0.3) is 0 Å². The van der Waals surface area contributed by atoms with E-state index in [1.807, 2.05) is 0 Å². The van der Waals surface area contributed by atoms with E-state index in [2.05, 4.69) is 26.6 Å². The predicted molar refractivity (Wildman–Crippen MR) is 84.3 cm³/mol. The molecule has 0 heterocycles. The van der Waals surface area contributed by atoms with Crippen LogP contribution in [0.2, 0.25) is 0 Å². The van der Waals surface area contributed by atoms with Gasteiger partial charge in [0.15, 0.2) is 0 Å². The number of benzene rings is 2. The van der Waals surface area contributed by atoms with Crippen molar-refractivity contribution in [2.24, 2.45) is 0 Å². The fraction of sp³-hybridized carbons (Fsp3) is 0.0667. The number of halogens is 1. The van der Waals surface area contributed by atoms with E-state index in [-0.39, 0.29) is 4.90 Å². The van der Waals surface area contributed by atoms with Crippen LogP contribution < -0.4 is 4.72 Å². The zero-order chi connectivity index (χ0) is 14.6. The molecule has 102 valence electrons. The van der Waals surface area contributed by atoms with Crippen molar-refractivity contribution in [2.75, 3.05) is 4.72 Å². The molecule has 0 radical (unpaired) electrons. The van der Waals surface area contributed by atoms with Gasteiger partial charge in [-0.3, -0.25) is 4.72 Å². The van der Waals surface area contributed by atoms with Crippen LogP contribution in [0.3, 0.4) is 0 Å². The number of nitrogens with one attached hydrogen (secondary N) is 1. The van der Waals surface area contributed by atoms with Crippen LogP contribution in [0.1, 0.15) is 11.1 Å². The molecule has 0 unspecified atom stereocenters. The molecule has 2 aromatic rings. The Morgan fingerprint density at radius 3 is 2.45 bits per heavy atom. The number of terminal acetylenes is 1. The summed E-state index contributed by atoms with van der Waals surface area (Å²) >= 11 is 3.32. The molecule has 3 nitrogen and oxygen atoms in total. The van der Waals surface area contributed by atoms with E-state index >= 15 is 0 Å². The first-order chi connectivity index (χ1) is 9.55. The van der Waals surface area contributed by atoms with Gasteiger partial charge in [0.1, 0.15) is 0 Å². The number of rotatable bonds is 4. The Kier molecular flexibility index (Phi) is 4.48. The first-order valence-corrected chi connectivity index (χ1v) is 8.40. The van der Waals surface area contributed by atoms with Gasteiger partial charge in [-0.1, -0.05) is 40.0 Å². The minimum absolute atomic E-state index is 0.216. The van der Waals surface area contributed by atoms with Gasteiger partial charge in [-0.2, -0.15) is 0 Å². The fourth-order valence-corrected chi connectivity index (χ4v) is 3.07. The zero-order valence-electron chi connectivity index (χ0n) is 10.5. The number of hydrogen-bond donors (Lipinski definition) is 1. The van der Waals surface area contributed by atoms with Crippen molar-refractivity contribution in [3.8, 4) is 12.3 Å². The van der Waals surface area contributed by atoms with Crippen molar-refractivity contribution >= 4 is 31.6 Å². The standard InChI is InChI=1S/C15H12BrNO2S/c1-2-12-4-3-5-14(10-12)17-20(18,19)15-8-6-13(11-16)7-9-15/h1,3-10,17H,11H2. The molecule has 0 fully saturated rings. The number of anilines is 1. The topological polar surface area (TPSA) is 46.2 Å². The van der Waals surface area contributed by atoms with Gasteiger partial charge >= 0.3 is 0 Å². The van der Waals surface area contributed by atoms with Crippen LogP contribution >= 0.6 is 15.9 Å². The van der Waals surface area contributed by atoms with Crippen molar-refractivity contribution in [3.05, 3.63) is 59.7 Å². The van der Waals surface area contributed by atoms with Gasteiger partial charge in [-0.05, 0) is 35.9 Å². The molecule has 0 saturated heterocycles. The summed E-state index contributed by atoms with van der Waals surface area (Å²) in [7, 11) is -3.60. The summed E-state index contributed by atoms with van der Waals surface area (Å²) in [6.45, 7) is 0. The maximum Gasteiger partial charge on any atom is 0.261 e. The van der Waals surface area contributed by atoms with E-state index in [1.54, 1.807) is 48.5 Å². The van der Waals surface area contributed by atoms with Gasteiger partial charge in [0, 0.05) is 10.9 Å². The third-order valence-electron chi connectivity index (χ3n) is 2.67. The maximum absolute atomic E-state index is 12.2. The number of hydrogen-bond acceptors (Lipinski definition) is 2. The van der Waals surface area contributed by atoms with Crippen molar-refractivity contribution in [1.29, 1.82) is 0 Å². The molecular weight excluding hydrogens is 338 g/mol. The average Bonchev–Trinajstić information content (AvgIpc) is 2.47. The molecule has 2 rings (SSSR count). The van der Waals surface area contributed by atoms with Gasteiger partial charge in [0.25, 0.3) is 10.0 Å². The summed E-state index contributed by atoms with van der Waals surface area (Å²) in [6, 6.07) is 13.4. The molecule has 0 spiro atoms. The molecule has 0 aliphatic heterocycles. The Morgan fingerprint density at radius 2 is 1.85 bits per heavy atom. The molecule has 0 amide bonds. The molecule has 5 heteroatoms. The summed E-state index contributed by atoms with van der Waals surface area (Å²) < 4.78 is 27.0. The molecule has 2 aromatic carbocycles. The Balaban J connectivity index is 2.28. The lowest BCUT2D eigenvalue weighted by Gasteiger charge is -2.08. The van der Waals surface area contributed by atoms with Gasteiger partial charge in [0.2, 0.25) is 0 Å². The molecular formula is C15H12BrNO2S. The van der Waals surface area contributed by atoms with Crippen molar-refractivity contribution in [1.82, 2.24) is 0 Å². The van der Waals surface area contributed by atoms with Gasteiger partial charge in [-0.15, -0.1) is 6.42 Å². The minimum atomic E-state index is -3.60. The number of sulfonamides is 1. The third kappa shape index (κ3) is 3.41. The van der Waals surface area contributed by atoms with E-state index in [0.29, 0.717) is 16.6 Å². The third-order valence-corrected chi connectivity index (χ3v) is 4.71. The molecule has 0 bridgehead atoms. The summed E-state index contributed by atoms with van der Waals surface area (Å²) in [5, 5.41) is 0.685. The zero-order valence-corrected chi connectivity index (χ0v) is 12.9. The second-order valence-corrected chi connectivity index (χ2v) is 6.35. The second-order valence-electron chi connectivity index (χ2n) is 4.11. The van der Waals surface area contributed by atoms with Crippen LogP contribution in [-0.2, 0) is 15.4 Å². The molecule has 1 N–H and O–H groups in total. The van der Waals surface area contributed by atoms with Gasteiger partial charge in [0.05, 0.1) is 10.6 Å². The summed E-state index contributed by atoms with van der Waals surface area (Å²) in [6.07, 6.45) is 5.29. The molecule has 0 aliphatic rings. The van der Waals surface area contributed by atoms with Gasteiger partial charge in [-0.25, -0.2) is 8.42 Å². The van der Waals surface area contributed by atoms with Crippen LogP contribution in [0.5, 0.6) is 0 Å². The minimum Gasteiger partial charge on any atom is -0.280 e. The number of alkyl halides is 1. The van der Waals surface area contributed by atoms with E-state index in [0.717, 1.165) is 5.56 Å². The molecule has 0 aromatic heterocycles. The quantitative estimate of drug-likeness (QED) is 0.679. The lowest BCUT2D eigenvalue weighted by molar-refractivity contribution is 0.601. The summed E-state index contributed by atoms with van der Waals surface area (Å²) in [4.78, 5) is 0.216. The highest BCUT2D eigenvalue weighted by Crippen LogP contribution is 2.18. The normalized spacial score (nSPS) is 10.8. The van der Waals surface area contributed by atoms with Crippen LogP contribution in [0, 0.1) is 12.3 Å². The smallest absolute Gasteiger partial charge is 0.261 e. The average molecular weight is 350 g/mol. The molecule has 20 heavy (non-hydrogen) atoms. The highest BCUT2D eigenvalue weighted by atomic mass is 79.9. The molecule has 0 aliphatic carbocycles. The Morgan fingerprint density at radius 1 is 1.15 bits per heavy atom. The van der Waals surface area contributed by atoms with E-state index in [4.69, 9.17) is 6.42 Å². The first-order valence-electron chi connectivity index (χ1n) is 5.79. The highest BCUT2D eigenvalue weighted by Gasteiger charge is 2.13. The maximum atomic E-state index is 12.2. The monoisotopic (exact) mass is 349 g/mol. The largest absolute Gasteiger partial charge is 0.280 e. The Labute approximate surface area is 127 Å². The lowest BCUT2D eigenvalue weighted by Crippen LogP contribution is -2.12. The van der Waals surface area contributed by atoms with Crippen molar-refractivity contribution in [2.45, 2.75) is 10.2 Å². The van der Waals surface area contributed by atoms with Crippen molar-refractivity contribution in [3.63, 3.8) is 0 Å².